The number of benzene rings is 1. The molecule has 1 aromatic rings. The van der Waals surface area contributed by atoms with Crippen molar-refractivity contribution >= 4 is 17.8 Å². The van der Waals surface area contributed by atoms with Crippen molar-refractivity contribution in [2.75, 3.05) is 38.3 Å². The van der Waals surface area contributed by atoms with Crippen LogP contribution < -0.4 is 4.90 Å². The highest BCUT2D eigenvalue weighted by atomic mass is 16.5. The van der Waals surface area contributed by atoms with Crippen molar-refractivity contribution in [1.29, 1.82) is 0 Å². The number of allylic oxidation sites excluding steroid dienone is 1. The van der Waals surface area contributed by atoms with Crippen molar-refractivity contribution in [2.45, 2.75) is 26.2 Å². The third kappa shape index (κ3) is 4.10. The zero-order valence-electron chi connectivity index (χ0n) is 15.1. The summed E-state index contributed by atoms with van der Waals surface area (Å²) in [5.41, 5.74) is 1.43. The molecule has 0 N–H and O–H groups in total. The molecule has 25 heavy (non-hydrogen) atoms. The van der Waals surface area contributed by atoms with Gasteiger partial charge in [-0.05, 0) is 43.7 Å². The molecule has 0 atom stereocenters. The fourth-order valence-electron chi connectivity index (χ4n) is 3.61. The Balaban J connectivity index is 1.71. The maximum absolute atomic E-state index is 11.1. The van der Waals surface area contributed by atoms with E-state index in [0.717, 1.165) is 69.2 Å². The summed E-state index contributed by atoms with van der Waals surface area (Å²) in [7, 11) is 1.99. The number of hydrogen-bond acceptors (Lipinski definition) is 4. The topological polar surface area (TPSA) is 45.1 Å². The number of amidine groups is 1. The molecule has 2 heterocycles. The Bertz CT molecular complexity index is 638. The molecule has 0 aliphatic carbocycles. The van der Waals surface area contributed by atoms with Gasteiger partial charge in [-0.2, -0.15) is 0 Å². The van der Waals surface area contributed by atoms with Crippen molar-refractivity contribution in [3.63, 3.8) is 0 Å². The van der Waals surface area contributed by atoms with Crippen LogP contribution in [0.1, 0.15) is 26.2 Å². The Labute approximate surface area is 150 Å². The third-order valence-electron chi connectivity index (χ3n) is 5.46. The van der Waals surface area contributed by atoms with E-state index in [1.165, 1.54) is 0 Å². The van der Waals surface area contributed by atoms with E-state index in [-0.39, 0.29) is 0 Å². The molecule has 0 aromatic heterocycles. The van der Waals surface area contributed by atoms with Gasteiger partial charge < -0.3 is 14.5 Å². The monoisotopic (exact) mass is 341 g/mol. The Morgan fingerprint density at radius 3 is 2.56 bits per heavy atom. The number of likely N-dealkylation sites (tertiary alicyclic amines) is 1. The van der Waals surface area contributed by atoms with Gasteiger partial charge in [-0.1, -0.05) is 18.2 Å². The highest BCUT2D eigenvalue weighted by Gasteiger charge is 2.38. The minimum absolute atomic E-state index is 0.350. The molecule has 0 radical (unpaired) electrons. The van der Waals surface area contributed by atoms with Crippen LogP contribution in [0.3, 0.4) is 0 Å². The predicted molar refractivity (Wildman–Crippen MR) is 101 cm³/mol. The van der Waals surface area contributed by atoms with E-state index in [0.29, 0.717) is 5.41 Å². The van der Waals surface area contributed by atoms with E-state index in [4.69, 9.17) is 9.73 Å². The fraction of sp³-hybridized carbons (Fsp3) is 0.500. The molecule has 0 saturated carbocycles. The van der Waals surface area contributed by atoms with Crippen molar-refractivity contribution in [1.82, 2.24) is 4.90 Å². The second-order valence-electron chi connectivity index (χ2n) is 7.00. The molecule has 3 rings (SSSR count). The molecular weight excluding hydrogens is 314 g/mol. The number of carbonyl (C=O) groups excluding carboxylic acids is 1. The summed E-state index contributed by atoms with van der Waals surface area (Å²) in [6, 6.07) is 10.1. The van der Waals surface area contributed by atoms with Crippen LogP contribution in [0.4, 0.5) is 5.69 Å². The van der Waals surface area contributed by atoms with Crippen LogP contribution >= 0.6 is 0 Å². The lowest BCUT2D eigenvalue weighted by Crippen LogP contribution is -2.40. The van der Waals surface area contributed by atoms with E-state index in [9.17, 15) is 4.79 Å². The first-order valence-electron chi connectivity index (χ1n) is 8.96. The van der Waals surface area contributed by atoms with Gasteiger partial charge in [-0.25, -0.2) is 4.99 Å². The average Bonchev–Trinajstić information content (AvgIpc) is 3.10. The summed E-state index contributed by atoms with van der Waals surface area (Å²) >= 11 is 0. The molecule has 134 valence electrons. The number of aldehydes is 1. The van der Waals surface area contributed by atoms with Crippen molar-refractivity contribution in [3.05, 3.63) is 42.2 Å². The Morgan fingerprint density at radius 1 is 1.24 bits per heavy atom. The average molecular weight is 341 g/mol. The number of anilines is 1. The van der Waals surface area contributed by atoms with Gasteiger partial charge in [0, 0.05) is 38.5 Å². The molecule has 2 saturated heterocycles. The molecule has 0 bridgehead atoms. The Hall–Kier alpha value is -2.14. The lowest BCUT2D eigenvalue weighted by atomic mass is 9.78. The highest BCUT2D eigenvalue weighted by Crippen LogP contribution is 2.39. The maximum Gasteiger partial charge on any atom is 0.146 e. The molecule has 2 aliphatic heterocycles. The molecule has 0 unspecified atom stereocenters. The van der Waals surface area contributed by atoms with E-state index >= 15 is 0 Å². The SMILES string of the molecule is C/C(=N/C(=C\C=O)N1CCC2(CCOC2)CC1)N(C)c1ccccc1. The van der Waals surface area contributed by atoms with Gasteiger partial charge >= 0.3 is 0 Å². The van der Waals surface area contributed by atoms with Crippen LogP contribution in [-0.4, -0.2) is 50.4 Å². The molecule has 2 fully saturated rings. The number of aliphatic imine (C=N–C) groups is 1. The number of rotatable bonds is 4. The standard InChI is InChI=1S/C20H27N3O2/c1-17(22(2)18-6-4-3-5-7-18)21-19(8-14-24)23-12-9-20(10-13-23)11-15-25-16-20/h3-8,14H,9-13,15-16H2,1-2H3/b19-8+,21-17-. The number of piperidine rings is 1. The number of carbonyl (C=O) groups is 1. The molecule has 0 amide bonds. The van der Waals surface area contributed by atoms with Gasteiger partial charge in [-0.3, -0.25) is 4.79 Å². The van der Waals surface area contributed by atoms with Crippen molar-refractivity contribution < 1.29 is 9.53 Å². The first-order valence-corrected chi connectivity index (χ1v) is 8.96. The molecule has 5 heteroatoms. The largest absolute Gasteiger partial charge is 0.381 e. The maximum atomic E-state index is 11.1. The zero-order chi connectivity index (χ0) is 17.7. The van der Waals surface area contributed by atoms with Gasteiger partial charge in [0.2, 0.25) is 0 Å². The smallest absolute Gasteiger partial charge is 0.146 e. The van der Waals surface area contributed by atoms with Crippen LogP contribution in [0.2, 0.25) is 0 Å². The normalized spacial score (nSPS) is 20.8. The number of nitrogens with zero attached hydrogens (tertiary/aromatic N) is 3. The highest BCUT2D eigenvalue weighted by molar-refractivity contribution is 5.96. The van der Waals surface area contributed by atoms with Crippen LogP contribution in [0.5, 0.6) is 0 Å². The second-order valence-corrected chi connectivity index (χ2v) is 7.00. The second kappa shape index (κ2) is 7.83. The number of ether oxygens (including phenoxy) is 1. The summed E-state index contributed by atoms with van der Waals surface area (Å²) in [6.07, 6.45) is 5.77. The van der Waals surface area contributed by atoms with Gasteiger partial charge in [0.25, 0.3) is 0 Å². The summed E-state index contributed by atoms with van der Waals surface area (Å²) in [5, 5.41) is 0. The predicted octanol–water partition coefficient (Wildman–Crippen LogP) is 3.08. The molecule has 5 nitrogen and oxygen atoms in total. The minimum atomic E-state index is 0.350. The first-order chi connectivity index (χ1) is 12.1. The van der Waals surface area contributed by atoms with Gasteiger partial charge in [-0.15, -0.1) is 0 Å². The van der Waals surface area contributed by atoms with Crippen LogP contribution in [-0.2, 0) is 9.53 Å². The minimum Gasteiger partial charge on any atom is -0.381 e. The molecule has 2 aliphatic rings. The van der Waals surface area contributed by atoms with Crippen molar-refractivity contribution in [2.24, 2.45) is 10.4 Å². The van der Waals surface area contributed by atoms with E-state index in [2.05, 4.69) is 4.90 Å². The summed E-state index contributed by atoms with van der Waals surface area (Å²) in [5.74, 6) is 1.62. The number of hydrogen-bond donors (Lipinski definition) is 0. The van der Waals surface area contributed by atoms with Gasteiger partial charge in [0.1, 0.15) is 17.9 Å². The zero-order valence-corrected chi connectivity index (χ0v) is 15.1. The molecular formula is C20H27N3O2. The Morgan fingerprint density at radius 2 is 1.96 bits per heavy atom. The van der Waals surface area contributed by atoms with E-state index in [1.807, 2.05) is 49.2 Å². The van der Waals surface area contributed by atoms with Gasteiger partial charge in [0.05, 0.1) is 6.61 Å². The summed E-state index contributed by atoms with van der Waals surface area (Å²) in [6.45, 7) is 5.59. The lowest BCUT2D eigenvalue weighted by Gasteiger charge is -2.39. The van der Waals surface area contributed by atoms with E-state index < -0.39 is 0 Å². The summed E-state index contributed by atoms with van der Waals surface area (Å²) < 4.78 is 5.60. The van der Waals surface area contributed by atoms with Crippen LogP contribution in [0.25, 0.3) is 0 Å². The quantitative estimate of drug-likeness (QED) is 0.365. The lowest BCUT2D eigenvalue weighted by molar-refractivity contribution is -0.104. The third-order valence-corrected chi connectivity index (χ3v) is 5.46. The van der Waals surface area contributed by atoms with Crippen molar-refractivity contribution in [3.8, 4) is 0 Å². The van der Waals surface area contributed by atoms with Crippen LogP contribution in [0.15, 0.2) is 47.2 Å². The first kappa shape index (κ1) is 17.7. The summed E-state index contributed by atoms with van der Waals surface area (Å²) in [4.78, 5) is 20.1. The number of para-hydroxylation sites is 1. The fourth-order valence-corrected chi connectivity index (χ4v) is 3.61. The molecule has 1 spiro atoms. The van der Waals surface area contributed by atoms with Gasteiger partial charge in [0.15, 0.2) is 0 Å². The van der Waals surface area contributed by atoms with Crippen LogP contribution in [0, 0.1) is 5.41 Å². The molecule has 1 aromatic carbocycles. The van der Waals surface area contributed by atoms with E-state index in [1.54, 1.807) is 6.08 Å². The Kier molecular flexibility index (Phi) is 5.53.